The fourth-order valence-electron chi connectivity index (χ4n) is 0.996. The van der Waals surface area contributed by atoms with Crippen molar-refractivity contribution in [1.82, 2.24) is 9.38 Å². The molecule has 0 unspecified atom stereocenters. The minimum atomic E-state index is -0.355. The first-order valence-corrected chi connectivity index (χ1v) is 3.16. The number of rotatable bonds is 0. The average Bonchev–Trinajstić information content (AvgIpc) is 2.31. The summed E-state index contributed by atoms with van der Waals surface area (Å²) in [6.45, 7) is 0. The molecule has 2 aromatic heterocycles. The van der Waals surface area contributed by atoms with Gasteiger partial charge >= 0.3 is 0 Å². The molecule has 2 aromatic rings. The molecular formula is C7H6FN3. The molecule has 4 heteroatoms. The second-order valence-corrected chi connectivity index (χ2v) is 2.24. The van der Waals surface area contributed by atoms with Crippen molar-refractivity contribution in [3.8, 4) is 0 Å². The Morgan fingerprint density at radius 2 is 2.27 bits per heavy atom. The number of nitrogen functional groups attached to an aromatic ring is 1. The van der Waals surface area contributed by atoms with Gasteiger partial charge in [-0.3, -0.25) is 4.40 Å². The highest BCUT2D eigenvalue weighted by atomic mass is 19.1. The number of hydrogen-bond acceptors (Lipinski definition) is 2. The van der Waals surface area contributed by atoms with Crippen LogP contribution in [0.15, 0.2) is 24.4 Å². The Labute approximate surface area is 62.3 Å². The zero-order valence-corrected chi connectivity index (χ0v) is 5.66. The van der Waals surface area contributed by atoms with Crippen molar-refractivity contribution in [3.05, 3.63) is 30.3 Å². The highest BCUT2D eigenvalue weighted by molar-refractivity contribution is 5.46. The predicted octanol–water partition coefficient (Wildman–Crippen LogP) is 1.06. The Kier molecular flexibility index (Phi) is 1.09. The number of imidazole rings is 1. The van der Waals surface area contributed by atoms with E-state index in [0.717, 1.165) is 0 Å². The van der Waals surface area contributed by atoms with E-state index in [1.807, 2.05) is 0 Å². The van der Waals surface area contributed by atoms with Gasteiger partial charge in [-0.25, -0.2) is 4.98 Å². The third kappa shape index (κ3) is 0.832. The van der Waals surface area contributed by atoms with E-state index in [2.05, 4.69) is 4.98 Å². The highest BCUT2D eigenvalue weighted by Gasteiger charge is 2.00. The monoisotopic (exact) mass is 151 g/mol. The molecule has 0 fully saturated rings. The molecular weight excluding hydrogens is 145 g/mol. The molecule has 2 rings (SSSR count). The van der Waals surface area contributed by atoms with Crippen molar-refractivity contribution in [2.75, 3.05) is 5.73 Å². The quantitative estimate of drug-likeness (QED) is 0.572. The Bertz CT molecular complexity index is 393. The molecule has 0 aromatic carbocycles. The molecule has 56 valence electrons. The first kappa shape index (κ1) is 6.15. The van der Waals surface area contributed by atoms with Gasteiger partial charge in [-0.05, 0) is 12.1 Å². The van der Waals surface area contributed by atoms with Crippen molar-refractivity contribution in [3.63, 3.8) is 0 Å². The van der Waals surface area contributed by atoms with E-state index in [0.29, 0.717) is 11.5 Å². The summed E-state index contributed by atoms with van der Waals surface area (Å²) < 4.78 is 14.2. The normalized spacial score (nSPS) is 10.6. The lowest BCUT2D eigenvalue weighted by atomic mass is 10.5. The molecule has 0 aliphatic carbocycles. The largest absolute Gasteiger partial charge is 0.382 e. The number of nitrogens with zero attached hydrogens (tertiary/aromatic N) is 2. The molecule has 2 N–H and O–H groups in total. The lowest BCUT2D eigenvalue weighted by Gasteiger charge is -1.91. The van der Waals surface area contributed by atoms with Crippen LogP contribution < -0.4 is 5.73 Å². The summed E-state index contributed by atoms with van der Waals surface area (Å²) in [5.41, 5.74) is 5.89. The molecule has 11 heavy (non-hydrogen) atoms. The first-order chi connectivity index (χ1) is 5.27. The summed E-state index contributed by atoms with van der Waals surface area (Å²) in [4.78, 5) is 3.87. The second kappa shape index (κ2) is 1.95. The zero-order valence-electron chi connectivity index (χ0n) is 5.66. The van der Waals surface area contributed by atoms with Crippen LogP contribution in [-0.4, -0.2) is 9.38 Å². The van der Waals surface area contributed by atoms with E-state index in [1.54, 1.807) is 12.1 Å². The van der Waals surface area contributed by atoms with E-state index in [1.165, 1.54) is 16.7 Å². The van der Waals surface area contributed by atoms with Crippen LogP contribution in [0.3, 0.4) is 0 Å². The van der Waals surface area contributed by atoms with Crippen LogP contribution in [0.25, 0.3) is 5.65 Å². The maximum Gasteiger partial charge on any atom is 0.199 e. The molecule has 3 nitrogen and oxygen atoms in total. The summed E-state index contributed by atoms with van der Waals surface area (Å²) in [6.07, 6.45) is 1.45. The molecule has 0 spiro atoms. The fourth-order valence-corrected chi connectivity index (χ4v) is 0.996. The first-order valence-electron chi connectivity index (χ1n) is 3.16. The van der Waals surface area contributed by atoms with Crippen molar-refractivity contribution < 1.29 is 4.39 Å². The van der Waals surface area contributed by atoms with Gasteiger partial charge in [-0.15, -0.1) is 0 Å². The van der Waals surface area contributed by atoms with E-state index in [-0.39, 0.29) is 5.95 Å². The summed E-state index contributed by atoms with van der Waals surface area (Å²) >= 11 is 0. The summed E-state index contributed by atoms with van der Waals surface area (Å²) in [7, 11) is 0. The fraction of sp³-hybridized carbons (Fsp3) is 0. The van der Waals surface area contributed by atoms with Gasteiger partial charge in [0.15, 0.2) is 5.95 Å². The third-order valence-corrected chi connectivity index (χ3v) is 1.46. The molecule has 0 bridgehead atoms. The average molecular weight is 151 g/mol. The highest BCUT2D eigenvalue weighted by Crippen LogP contribution is 2.07. The van der Waals surface area contributed by atoms with Gasteiger partial charge < -0.3 is 5.73 Å². The van der Waals surface area contributed by atoms with Crippen LogP contribution in [0.4, 0.5) is 10.2 Å². The van der Waals surface area contributed by atoms with Crippen LogP contribution in [0.5, 0.6) is 0 Å². The van der Waals surface area contributed by atoms with Crippen LogP contribution in [0.2, 0.25) is 0 Å². The van der Waals surface area contributed by atoms with Gasteiger partial charge in [-0.1, -0.05) is 6.07 Å². The standard InChI is InChI=1S/C7H6FN3/c8-5-2-1-3-7-10-6(9)4-11(5)7/h1-4H,9H2. The Morgan fingerprint density at radius 1 is 1.45 bits per heavy atom. The van der Waals surface area contributed by atoms with E-state index < -0.39 is 0 Å². The molecule has 0 radical (unpaired) electrons. The van der Waals surface area contributed by atoms with Crippen molar-refractivity contribution >= 4 is 11.5 Å². The van der Waals surface area contributed by atoms with Crippen LogP contribution in [0, 0.1) is 5.95 Å². The number of fused-ring (bicyclic) bond motifs is 1. The second-order valence-electron chi connectivity index (χ2n) is 2.24. The Hall–Kier alpha value is -1.58. The van der Waals surface area contributed by atoms with E-state index >= 15 is 0 Å². The van der Waals surface area contributed by atoms with Crippen molar-refractivity contribution in [1.29, 1.82) is 0 Å². The van der Waals surface area contributed by atoms with Crippen LogP contribution >= 0.6 is 0 Å². The SMILES string of the molecule is Nc1cn2c(F)cccc2n1. The molecule has 2 heterocycles. The lowest BCUT2D eigenvalue weighted by molar-refractivity contribution is 0.568. The van der Waals surface area contributed by atoms with Crippen molar-refractivity contribution in [2.45, 2.75) is 0 Å². The molecule has 0 saturated carbocycles. The molecule has 0 atom stereocenters. The topological polar surface area (TPSA) is 43.3 Å². The van der Waals surface area contributed by atoms with Gasteiger partial charge in [0.25, 0.3) is 0 Å². The number of anilines is 1. The Morgan fingerprint density at radius 3 is 3.00 bits per heavy atom. The van der Waals surface area contributed by atoms with Gasteiger partial charge in [0.1, 0.15) is 11.5 Å². The van der Waals surface area contributed by atoms with Gasteiger partial charge in [0.05, 0.1) is 6.20 Å². The Balaban J connectivity index is 2.90. The third-order valence-electron chi connectivity index (χ3n) is 1.46. The minimum Gasteiger partial charge on any atom is -0.382 e. The smallest absolute Gasteiger partial charge is 0.199 e. The van der Waals surface area contributed by atoms with Gasteiger partial charge in [-0.2, -0.15) is 4.39 Å². The number of aromatic nitrogens is 2. The number of pyridine rings is 1. The molecule has 0 saturated heterocycles. The van der Waals surface area contributed by atoms with E-state index in [4.69, 9.17) is 5.73 Å². The zero-order chi connectivity index (χ0) is 7.84. The number of hydrogen-bond donors (Lipinski definition) is 1. The maximum atomic E-state index is 12.9. The predicted molar refractivity (Wildman–Crippen MR) is 39.6 cm³/mol. The summed E-state index contributed by atoms with van der Waals surface area (Å²) in [6, 6.07) is 4.64. The van der Waals surface area contributed by atoms with Gasteiger partial charge in [0, 0.05) is 0 Å². The number of nitrogens with two attached hydrogens (primary N) is 1. The molecule has 0 aliphatic rings. The van der Waals surface area contributed by atoms with Crippen LogP contribution in [0.1, 0.15) is 0 Å². The number of halogens is 1. The van der Waals surface area contributed by atoms with Crippen molar-refractivity contribution in [2.24, 2.45) is 0 Å². The molecule has 0 amide bonds. The van der Waals surface area contributed by atoms with Crippen LogP contribution in [-0.2, 0) is 0 Å². The van der Waals surface area contributed by atoms with E-state index in [9.17, 15) is 4.39 Å². The van der Waals surface area contributed by atoms with Gasteiger partial charge in [0.2, 0.25) is 0 Å². The maximum absolute atomic E-state index is 12.9. The summed E-state index contributed by atoms with van der Waals surface area (Å²) in [5.74, 6) is -0.0261. The lowest BCUT2D eigenvalue weighted by Crippen LogP contribution is -1.88. The molecule has 0 aliphatic heterocycles. The minimum absolute atomic E-state index is 0.329. The summed E-state index contributed by atoms with van der Waals surface area (Å²) in [5, 5.41) is 0.